The molecule has 1 saturated carbocycles. The zero-order valence-electron chi connectivity index (χ0n) is 4.23. The topological polar surface area (TPSA) is 26.0 Å². The highest BCUT2D eigenvalue weighted by Crippen LogP contribution is 2.35. The Hall–Kier alpha value is 0.110. The number of hydrogen-bond donors (Lipinski definition) is 1. The van der Waals surface area contributed by atoms with E-state index in [1.54, 1.807) is 0 Å². The molecule has 1 fully saturated rings. The monoisotopic (exact) mass is 143 g/mol. The molecule has 1 rings (SSSR count). The summed E-state index contributed by atoms with van der Waals surface area (Å²) in [5, 5.41) is 0. The van der Waals surface area contributed by atoms with E-state index in [9.17, 15) is 8.78 Å². The molecular formula is C4H8ClF2N. The Labute approximate surface area is 52.7 Å². The maximum absolute atomic E-state index is 11.7. The summed E-state index contributed by atoms with van der Waals surface area (Å²) in [6.45, 7) is 0. The molecule has 0 amide bonds. The van der Waals surface area contributed by atoms with Crippen LogP contribution in [0.3, 0.4) is 0 Å². The molecule has 0 spiro atoms. The van der Waals surface area contributed by atoms with Gasteiger partial charge in [0.1, 0.15) is 0 Å². The number of halogens is 3. The predicted molar refractivity (Wildman–Crippen MR) is 29.4 cm³/mol. The van der Waals surface area contributed by atoms with Crippen molar-refractivity contribution in [3.63, 3.8) is 0 Å². The second-order valence-corrected chi connectivity index (χ2v) is 2.02. The Morgan fingerprint density at radius 3 is 1.75 bits per heavy atom. The minimum atomic E-state index is -2.43. The minimum absolute atomic E-state index is 0. The molecule has 50 valence electrons. The van der Waals surface area contributed by atoms with Gasteiger partial charge in [-0.2, -0.15) is 0 Å². The van der Waals surface area contributed by atoms with Crippen LogP contribution in [0.4, 0.5) is 8.78 Å². The second-order valence-electron chi connectivity index (χ2n) is 2.02. The third kappa shape index (κ3) is 1.56. The van der Waals surface area contributed by atoms with Crippen LogP contribution in [-0.2, 0) is 0 Å². The second kappa shape index (κ2) is 2.15. The van der Waals surface area contributed by atoms with Gasteiger partial charge in [0.25, 0.3) is 5.92 Å². The fraction of sp³-hybridized carbons (Fsp3) is 1.00. The van der Waals surface area contributed by atoms with Gasteiger partial charge in [0.15, 0.2) is 0 Å². The van der Waals surface area contributed by atoms with Crippen molar-refractivity contribution >= 4 is 12.4 Å². The van der Waals surface area contributed by atoms with Crippen molar-refractivity contribution in [1.29, 1.82) is 0 Å². The summed E-state index contributed by atoms with van der Waals surface area (Å²) in [5.41, 5.74) is 5.07. The van der Waals surface area contributed by atoms with Gasteiger partial charge in [-0.1, -0.05) is 0 Å². The fourth-order valence-electron chi connectivity index (χ4n) is 0.707. The molecule has 0 heterocycles. The van der Waals surface area contributed by atoms with E-state index in [2.05, 4.69) is 0 Å². The first-order chi connectivity index (χ1) is 3.10. The van der Waals surface area contributed by atoms with Crippen LogP contribution in [0, 0.1) is 0 Å². The van der Waals surface area contributed by atoms with Crippen molar-refractivity contribution in [2.24, 2.45) is 5.73 Å². The molecular weight excluding hydrogens is 136 g/mol. The van der Waals surface area contributed by atoms with E-state index < -0.39 is 5.92 Å². The van der Waals surface area contributed by atoms with Gasteiger partial charge in [0, 0.05) is 18.9 Å². The number of nitrogens with two attached hydrogens (primary N) is 1. The van der Waals surface area contributed by atoms with Gasteiger partial charge >= 0.3 is 0 Å². The third-order valence-electron chi connectivity index (χ3n) is 1.12. The molecule has 8 heavy (non-hydrogen) atoms. The Balaban J connectivity index is 0.000000490. The van der Waals surface area contributed by atoms with E-state index in [0.717, 1.165) is 0 Å². The smallest absolute Gasteiger partial charge is 0.251 e. The van der Waals surface area contributed by atoms with Crippen LogP contribution in [0.2, 0.25) is 0 Å². The lowest BCUT2D eigenvalue weighted by atomic mass is 9.89. The van der Waals surface area contributed by atoms with E-state index in [4.69, 9.17) is 5.73 Å². The van der Waals surface area contributed by atoms with Crippen LogP contribution in [0.1, 0.15) is 12.8 Å². The molecule has 0 atom stereocenters. The van der Waals surface area contributed by atoms with Gasteiger partial charge in [0.2, 0.25) is 0 Å². The van der Waals surface area contributed by atoms with Gasteiger partial charge in [-0.25, -0.2) is 8.78 Å². The zero-order chi connectivity index (χ0) is 5.49. The summed E-state index contributed by atoms with van der Waals surface area (Å²) in [7, 11) is 0. The summed E-state index contributed by atoms with van der Waals surface area (Å²) in [4.78, 5) is 0. The van der Waals surface area contributed by atoms with E-state index in [-0.39, 0.29) is 31.3 Å². The van der Waals surface area contributed by atoms with Crippen molar-refractivity contribution in [2.75, 3.05) is 0 Å². The molecule has 0 aromatic rings. The van der Waals surface area contributed by atoms with Crippen molar-refractivity contribution < 1.29 is 8.78 Å². The average molecular weight is 144 g/mol. The largest absolute Gasteiger partial charge is 0.327 e. The lowest BCUT2D eigenvalue weighted by Crippen LogP contribution is -2.45. The van der Waals surface area contributed by atoms with Crippen molar-refractivity contribution in [3.8, 4) is 0 Å². The first-order valence-corrected chi connectivity index (χ1v) is 2.23. The van der Waals surface area contributed by atoms with Crippen LogP contribution in [0.5, 0.6) is 0 Å². The zero-order valence-corrected chi connectivity index (χ0v) is 5.05. The summed E-state index contributed by atoms with van der Waals surface area (Å²) in [5.74, 6) is -2.43. The highest BCUT2D eigenvalue weighted by atomic mass is 35.5. The first kappa shape index (κ1) is 8.11. The van der Waals surface area contributed by atoms with E-state index >= 15 is 0 Å². The van der Waals surface area contributed by atoms with E-state index in [0.29, 0.717) is 0 Å². The van der Waals surface area contributed by atoms with Crippen LogP contribution in [-0.4, -0.2) is 12.0 Å². The van der Waals surface area contributed by atoms with E-state index in [1.165, 1.54) is 0 Å². The molecule has 2 N–H and O–H groups in total. The molecule has 1 nitrogen and oxygen atoms in total. The normalized spacial score (nSPS) is 25.9. The molecule has 0 unspecified atom stereocenters. The standard InChI is InChI=1S/C4H7F2N.ClH/c5-4(6)1-3(7)2-4;/h3H,1-2,7H2;1H. The van der Waals surface area contributed by atoms with Crippen molar-refractivity contribution in [3.05, 3.63) is 0 Å². The summed E-state index contributed by atoms with van der Waals surface area (Å²) in [6.07, 6.45) is -0.236. The predicted octanol–water partition coefficient (Wildman–Crippen LogP) is 1.16. The van der Waals surface area contributed by atoms with Crippen LogP contribution in [0.15, 0.2) is 0 Å². The van der Waals surface area contributed by atoms with Gasteiger partial charge in [0.05, 0.1) is 0 Å². The molecule has 0 aromatic carbocycles. The van der Waals surface area contributed by atoms with Crippen molar-refractivity contribution in [2.45, 2.75) is 24.8 Å². The van der Waals surface area contributed by atoms with Gasteiger partial charge < -0.3 is 5.73 Å². The first-order valence-electron chi connectivity index (χ1n) is 2.23. The van der Waals surface area contributed by atoms with E-state index in [1.807, 2.05) is 0 Å². The van der Waals surface area contributed by atoms with Crippen LogP contribution >= 0.6 is 12.4 Å². The molecule has 1 aliphatic rings. The number of alkyl halides is 2. The molecule has 0 bridgehead atoms. The molecule has 0 radical (unpaired) electrons. The van der Waals surface area contributed by atoms with Gasteiger partial charge in [-0.15, -0.1) is 12.4 Å². The summed E-state index contributed by atoms with van der Waals surface area (Å²) in [6, 6.07) is -0.241. The third-order valence-corrected chi connectivity index (χ3v) is 1.12. The fourth-order valence-corrected chi connectivity index (χ4v) is 0.707. The highest BCUT2D eigenvalue weighted by molar-refractivity contribution is 5.85. The number of hydrogen-bond acceptors (Lipinski definition) is 1. The maximum Gasteiger partial charge on any atom is 0.251 e. The maximum atomic E-state index is 11.7. The molecule has 1 aliphatic carbocycles. The molecule has 0 saturated heterocycles. The Kier molecular flexibility index (Phi) is 2.18. The van der Waals surface area contributed by atoms with Crippen molar-refractivity contribution in [1.82, 2.24) is 0 Å². The Morgan fingerprint density at radius 2 is 1.75 bits per heavy atom. The average Bonchev–Trinajstić information content (AvgIpc) is 1.27. The van der Waals surface area contributed by atoms with Gasteiger partial charge in [-0.05, 0) is 0 Å². The van der Waals surface area contributed by atoms with Crippen LogP contribution in [0.25, 0.3) is 0 Å². The number of rotatable bonds is 0. The lowest BCUT2D eigenvalue weighted by Gasteiger charge is -2.31. The quantitative estimate of drug-likeness (QED) is 0.541. The van der Waals surface area contributed by atoms with Gasteiger partial charge in [-0.3, -0.25) is 0 Å². The molecule has 0 aromatic heterocycles. The molecule has 4 heteroatoms. The SMILES string of the molecule is Cl.NC1CC(F)(F)C1. The minimum Gasteiger partial charge on any atom is -0.327 e. The van der Waals surface area contributed by atoms with Crippen LogP contribution < -0.4 is 5.73 Å². The summed E-state index contributed by atoms with van der Waals surface area (Å²) >= 11 is 0. The highest BCUT2D eigenvalue weighted by Gasteiger charge is 2.43. The Bertz CT molecular complexity index is 78.1. The molecule has 0 aliphatic heterocycles. The lowest BCUT2D eigenvalue weighted by molar-refractivity contribution is -0.0840. The summed E-state index contributed by atoms with van der Waals surface area (Å²) < 4.78 is 23.4. The Morgan fingerprint density at radius 1 is 1.38 bits per heavy atom.